The van der Waals surface area contributed by atoms with E-state index in [0.29, 0.717) is 6.61 Å². The molecule has 13 heavy (non-hydrogen) atoms. The second-order valence-electron chi connectivity index (χ2n) is 3.79. The van der Waals surface area contributed by atoms with Crippen LogP contribution in [0.4, 0.5) is 0 Å². The van der Waals surface area contributed by atoms with Crippen molar-refractivity contribution in [2.45, 2.75) is 26.4 Å². The second-order valence-corrected chi connectivity index (χ2v) is 3.79. The summed E-state index contributed by atoms with van der Waals surface area (Å²) in [7, 11) is 3.59. The predicted octanol–water partition coefficient (Wildman–Crippen LogP) is 0.249. The lowest BCUT2D eigenvalue weighted by atomic mass is 9.83. The van der Waals surface area contributed by atoms with Crippen molar-refractivity contribution in [1.29, 1.82) is 0 Å². The number of hydrogen-bond donors (Lipinski definition) is 2. The van der Waals surface area contributed by atoms with E-state index >= 15 is 0 Å². The minimum absolute atomic E-state index is 0.221. The van der Waals surface area contributed by atoms with Gasteiger partial charge >= 0.3 is 0 Å². The Bertz CT molecular complexity index is 141. The summed E-state index contributed by atoms with van der Waals surface area (Å²) in [6.45, 7) is 4.06. The summed E-state index contributed by atoms with van der Waals surface area (Å²) in [5, 5.41) is 20.0. The lowest BCUT2D eigenvalue weighted by Gasteiger charge is -2.32. The zero-order chi connectivity index (χ0) is 10.5. The van der Waals surface area contributed by atoms with Gasteiger partial charge in [-0.15, -0.1) is 0 Å². The molecule has 0 rings (SSSR count). The highest BCUT2D eigenvalue weighted by Gasteiger charge is 2.31. The summed E-state index contributed by atoms with van der Waals surface area (Å²) in [5.41, 5.74) is -0.376. The number of hydroxylamine groups is 2. The van der Waals surface area contributed by atoms with Gasteiger partial charge in [-0.25, -0.2) is 0 Å². The van der Waals surface area contributed by atoms with Crippen molar-refractivity contribution in [3.8, 4) is 0 Å². The van der Waals surface area contributed by atoms with Crippen molar-refractivity contribution in [2.24, 2.45) is 5.41 Å². The maximum absolute atomic E-state index is 9.54. The molecule has 0 aromatic carbocycles. The first-order valence-electron chi connectivity index (χ1n) is 4.55. The topological polar surface area (TPSA) is 52.9 Å². The van der Waals surface area contributed by atoms with Gasteiger partial charge < -0.3 is 10.2 Å². The molecular formula is C9H21NO3. The maximum Gasteiger partial charge on any atom is 0.0846 e. The molecule has 2 atom stereocenters. The maximum atomic E-state index is 9.54. The molecule has 2 N–H and O–H groups in total. The highest BCUT2D eigenvalue weighted by molar-refractivity contribution is 4.80. The van der Waals surface area contributed by atoms with Gasteiger partial charge in [0.1, 0.15) is 0 Å². The Morgan fingerprint density at radius 1 is 1.46 bits per heavy atom. The van der Waals surface area contributed by atoms with Gasteiger partial charge in [-0.3, -0.25) is 4.84 Å². The fraction of sp³-hybridized carbons (Fsp3) is 1.00. The third-order valence-electron chi connectivity index (χ3n) is 2.44. The lowest BCUT2D eigenvalue weighted by Crippen LogP contribution is -2.40. The Morgan fingerprint density at radius 3 is 2.31 bits per heavy atom. The van der Waals surface area contributed by atoms with Crippen molar-refractivity contribution in [2.75, 3.05) is 27.3 Å². The molecule has 2 unspecified atom stereocenters. The van der Waals surface area contributed by atoms with Gasteiger partial charge in [0.15, 0.2) is 0 Å². The van der Waals surface area contributed by atoms with Crippen LogP contribution in [-0.2, 0) is 4.84 Å². The normalized spacial score (nSPS) is 18.7. The molecule has 0 heterocycles. The number of rotatable bonds is 6. The average molecular weight is 191 g/mol. The van der Waals surface area contributed by atoms with Gasteiger partial charge in [0, 0.05) is 19.5 Å². The number of aliphatic hydroxyl groups excluding tert-OH is 2. The van der Waals surface area contributed by atoms with Crippen LogP contribution in [0.15, 0.2) is 0 Å². The van der Waals surface area contributed by atoms with Gasteiger partial charge in [-0.1, -0.05) is 13.8 Å². The number of nitrogens with zero attached hydrogens (tertiary/aromatic N) is 1. The zero-order valence-corrected chi connectivity index (χ0v) is 8.95. The van der Waals surface area contributed by atoms with Crippen LogP contribution in [0.5, 0.6) is 0 Å². The van der Waals surface area contributed by atoms with Crippen molar-refractivity contribution in [1.82, 2.24) is 5.06 Å². The summed E-state index contributed by atoms with van der Waals surface area (Å²) in [4.78, 5) is 5.28. The fourth-order valence-corrected chi connectivity index (χ4v) is 0.931. The summed E-state index contributed by atoms with van der Waals surface area (Å²) in [5.74, 6) is 0. The Kier molecular flexibility index (Phi) is 5.48. The molecular weight excluding hydrogens is 170 g/mol. The lowest BCUT2D eigenvalue weighted by molar-refractivity contribution is -0.170. The van der Waals surface area contributed by atoms with E-state index in [1.54, 1.807) is 19.2 Å². The molecule has 0 aliphatic rings. The molecule has 4 heteroatoms. The largest absolute Gasteiger partial charge is 0.394 e. The molecule has 0 aromatic rings. The molecule has 0 saturated carbocycles. The van der Waals surface area contributed by atoms with Gasteiger partial charge in [0.25, 0.3) is 0 Å². The Labute approximate surface area is 80.1 Å². The minimum Gasteiger partial charge on any atom is -0.394 e. The molecule has 0 aliphatic carbocycles. The third kappa shape index (κ3) is 4.04. The van der Waals surface area contributed by atoms with Crippen LogP contribution in [0.2, 0.25) is 0 Å². The van der Waals surface area contributed by atoms with Crippen LogP contribution < -0.4 is 0 Å². The van der Waals surface area contributed by atoms with Crippen molar-refractivity contribution >= 4 is 0 Å². The van der Waals surface area contributed by atoms with Gasteiger partial charge in [0.05, 0.1) is 19.3 Å². The van der Waals surface area contributed by atoms with E-state index in [4.69, 9.17) is 9.94 Å². The standard InChI is InChI=1S/C9H21NO3/c1-5-9(2,8(12)6-11)7-13-10(3)4/h8,11-12H,5-7H2,1-4H3. The average Bonchev–Trinajstić information content (AvgIpc) is 2.12. The molecule has 0 bridgehead atoms. The van der Waals surface area contributed by atoms with Gasteiger partial charge in [0.2, 0.25) is 0 Å². The molecule has 0 spiro atoms. The van der Waals surface area contributed by atoms with Gasteiger partial charge in [-0.05, 0) is 6.42 Å². The van der Waals surface area contributed by atoms with E-state index in [2.05, 4.69) is 0 Å². The molecule has 4 nitrogen and oxygen atoms in total. The molecule has 0 amide bonds. The molecule has 0 aliphatic heterocycles. The van der Waals surface area contributed by atoms with E-state index in [0.717, 1.165) is 6.42 Å². The summed E-state index contributed by atoms with van der Waals surface area (Å²) < 4.78 is 0. The Balaban J connectivity index is 4.11. The van der Waals surface area contributed by atoms with Crippen LogP contribution in [0.1, 0.15) is 20.3 Å². The smallest absolute Gasteiger partial charge is 0.0846 e. The molecule has 0 saturated heterocycles. The third-order valence-corrected chi connectivity index (χ3v) is 2.44. The molecule has 80 valence electrons. The first-order chi connectivity index (χ1) is 5.96. The predicted molar refractivity (Wildman–Crippen MR) is 51.1 cm³/mol. The minimum atomic E-state index is -0.725. The Hall–Kier alpha value is -0.160. The van der Waals surface area contributed by atoms with E-state index in [9.17, 15) is 5.11 Å². The number of aliphatic hydroxyl groups is 2. The molecule has 0 aromatic heterocycles. The van der Waals surface area contributed by atoms with Crippen LogP contribution in [0.3, 0.4) is 0 Å². The zero-order valence-electron chi connectivity index (χ0n) is 8.95. The van der Waals surface area contributed by atoms with Crippen LogP contribution >= 0.6 is 0 Å². The van der Waals surface area contributed by atoms with Crippen LogP contribution in [0, 0.1) is 5.41 Å². The van der Waals surface area contributed by atoms with E-state index in [-0.39, 0.29) is 12.0 Å². The summed E-state index contributed by atoms with van der Waals surface area (Å²) in [6.07, 6.45) is 0.0419. The second kappa shape index (κ2) is 5.54. The molecule has 0 radical (unpaired) electrons. The molecule has 0 fully saturated rings. The van der Waals surface area contributed by atoms with Crippen LogP contribution in [-0.4, -0.2) is 48.7 Å². The summed E-state index contributed by atoms with van der Waals surface area (Å²) in [6, 6.07) is 0. The first kappa shape index (κ1) is 12.8. The first-order valence-corrected chi connectivity index (χ1v) is 4.55. The quantitative estimate of drug-likeness (QED) is 0.591. The summed E-state index contributed by atoms with van der Waals surface area (Å²) >= 11 is 0. The number of hydrogen-bond acceptors (Lipinski definition) is 4. The monoisotopic (exact) mass is 191 g/mol. The Morgan fingerprint density at radius 2 is 2.00 bits per heavy atom. The van der Waals surface area contributed by atoms with Crippen molar-refractivity contribution in [3.05, 3.63) is 0 Å². The van der Waals surface area contributed by atoms with Crippen molar-refractivity contribution in [3.63, 3.8) is 0 Å². The highest BCUT2D eigenvalue weighted by atomic mass is 16.7. The van der Waals surface area contributed by atoms with Gasteiger partial charge in [-0.2, -0.15) is 5.06 Å². The van der Waals surface area contributed by atoms with Crippen molar-refractivity contribution < 1.29 is 15.1 Å². The highest BCUT2D eigenvalue weighted by Crippen LogP contribution is 2.26. The SMILES string of the molecule is CCC(C)(CON(C)C)C(O)CO. The van der Waals surface area contributed by atoms with E-state index in [1.165, 1.54) is 0 Å². The van der Waals surface area contributed by atoms with E-state index < -0.39 is 6.10 Å². The van der Waals surface area contributed by atoms with Crippen LogP contribution in [0.25, 0.3) is 0 Å². The van der Waals surface area contributed by atoms with E-state index in [1.807, 2.05) is 13.8 Å². The fourth-order valence-electron chi connectivity index (χ4n) is 0.931.